The van der Waals surface area contributed by atoms with Gasteiger partial charge in [-0.1, -0.05) is 12.1 Å². The Bertz CT molecular complexity index is 1040. The third kappa shape index (κ3) is 3.45. The molecule has 128 valence electrons. The van der Waals surface area contributed by atoms with Crippen molar-refractivity contribution in [2.75, 3.05) is 0 Å². The lowest BCUT2D eigenvalue weighted by Gasteiger charge is -2.10. The molecule has 0 radical (unpaired) electrons. The summed E-state index contributed by atoms with van der Waals surface area (Å²) in [4.78, 5) is 31.9. The minimum absolute atomic E-state index is 0.165. The molecule has 0 unspecified atom stereocenters. The topological polar surface area (TPSA) is 74.8 Å². The number of hydrogen-bond donors (Lipinski definition) is 2. The van der Waals surface area contributed by atoms with Gasteiger partial charge in [0.1, 0.15) is 0 Å². The molecule has 0 aliphatic heterocycles. The van der Waals surface area contributed by atoms with Crippen LogP contribution >= 0.6 is 0 Å². The molecule has 0 aliphatic carbocycles. The lowest BCUT2D eigenvalue weighted by atomic mass is 10.1. The van der Waals surface area contributed by atoms with Gasteiger partial charge in [0.05, 0.1) is 16.8 Å². The third-order valence-electron chi connectivity index (χ3n) is 4.33. The predicted octanol–water partition coefficient (Wildman–Crippen LogP) is 3.09. The number of H-pyrrole nitrogens is 1. The minimum atomic E-state index is -0.230. The van der Waals surface area contributed by atoms with E-state index in [1.807, 2.05) is 58.0 Å². The summed E-state index contributed by atoms with van der Waals surface area (Å²) < 4.78 is 0. The molecular weight excluding hydrogens is 314 g/mol. The molecule has 2 heterocycles. The molecule has 3 aromatic rings. The molecule has 0 bridgehead atoms. The van der Waals surface area contributed by atoms with Gasteiger partial charge >= 0.3 is 0 Å². The van der Waals surface area contributed by atoms with E-state index >= 15 is 0 Å². The summed E-state index contributed by atoms with van der Waals surface area (Å²) in [5.74, 6) is -0.230. The first-order valence-electron chi connectivity index (χ1n) is 8.21. The van der Waals surface area contributed by atoms with E-state index in [0.717, 1.165) is 27.7 Å². The Morgan fingerprint density at radius 2 is 1.88 bits per heavy atom. The van der Waals surface area contributed by atoms with Crippen LogP contribution in [0.4, 0.5) is 0 Å². The zero-order valence-corrected chi connectivity index (χ0v) is 14.9. The standard InChI is InChI=1S/C20H21N3O2/c1-11-5-6-15-9-16(14(4)23-18(15)7-11)19(24)21-10-17-12(2)8-13(3)22-20(17)25/h5-9H,10H2,1-4H3,(H,21,24)(H,22,25). The summed E-state index contributed by atoms with van der Waals surface area (Å²) in [6.07, 6.45) is 0. The second-order valence-corrected chi connectivity index (χ2v) is 6.44. The van der Waals surface area contributed by atoms with E-state index in [1.165, 1.54) is 0 Å². The quantitative estimate of drug-likeness (QED) is 0.772. The average Bonchev–Trinajstić information content (AvgIpc) is 2.52. The van der Waals surface area contributed by atoms with Gasteiger partial charge in [-0.25, -0.2) is 0 Å². The van der Waals surface area contributed by atoms with Crippen molar-refractivity contribution < 1.29 is 4.79 Å². The van der Waals surface area contributed by atoms with Crippen LogP contribution in [-0.4, -0.2) is 15.9 Å². The third-order valence-corrected chi connectivity index (χ3v) is 4.33. The van der Waals surface area contributed by atoms with Crippen molar-refractivity contribution in [2.24, 2.45) is 0 Å². The van der Waals surface area contributed by atoms with Crippen LogP contribution in [-0.2, 0) is 6.54 Å². The molecule has 0 fully saturated rings. The van der Waals surface area contributed by atoms with Crippen LogP contribution in [0.15, 0.2) is 35.1 Å². The van der Waals surface area contributed by atoms with E-state index in [-0.39, 0.29) is 18.0 Å². The van der Waals surface area contributed by atoms with Crippen LogP contribution in [0.25, 0.3) is 10.9 Å². The fraction of sp³-hybridized carbons (Fsp3) is 0.250. The van der Waals surface area contributed by atoms with Crippen molar-refractivity contribution in [2.45, 2.75) is 34.2 Å². The highest BCUT2D eigenvalue weighted by atomic mass is 16.1. The van der Waals surface area contributed by atoms with Gasteiger partial charge in [0.25, 0.3) is 11.5 Å². The van der Waals surface area contributed by atoms with E-state index in [9.17, 15) is 9.59 Å². The van der Waals surface area contributed by atoms with E-state index in [0.29, 0.717) is 16.8 Å². The molecule has 3 rings (SSSR count). The first kappa shape index (κ1) is 16.9. The van der Waals surface area contributed by atoms with Gasteiger partial charge in [-0.3, -0.25) is 14.6 Å². The molecule has 0 atom stereocenters. The molecule has 0 spiro atoms. The Hall–Kier alpha value is -2.95. The number of aromatic amines is 1. The predicted molar refractivity (Wildman–Crippen MR) is 98.9 cm³/mol. The summed E-state index contributed by atoms with van der Waals surface area (Å²) in [5.41, 5.74) is 5.28. The minimum Gasteiger partial charge on any atom is -0.348 e. The first-order valence-corrected chi connectivity index (χ1v) is 8.21. The largest absolute Gasteiger partial charge is 0.348 e. The molecule has 2 aromatic heterocycles. The van der Waals surface area contributed by atoms with E-state index in [4.69, 9.17) is 0 Å². The Morgan fingerprint density at radius 1 is 1.12 bits per heavy atom. The Morgan fingerprint density at radius 3 is 2.60 bits per heavy atom. The van der Waals surface area contributed by atoms with Crippen molar-refractivity contribution in [1.82, 2.24) is 15.3 Å². The Kier molecular flexibility index (Phi) is 4.40. The monoisotopic (exact) mass is 335 g/mol. The van der Waals surface area contributed by atoms with Crippen LogP contribution in [0.1, 0.15) is 38.4 Å². The highest BCUT2D eigenvalue weighted by molar-refractivity contribution is 5.98. The van der Waals surface area contributed by atoms with Gasteiger partial charge in [-0.05, 0) is 57.0 Å². The smallest absolute Gasteiger partial charge is 0.253 e. The summed E-state index contributed by atoms with van der Waals surface area (Å²) >= 11 is 0. The van der Waals surface area contributed by atoms with Crippen molar-refractivity contribution in [3.8, 4) is 0 Å². The number of nitrogens with zero attached hydrogens (tertiary/aromatic N) is 1. The molecule has 5 nitrogen and oxygen atoms in total. The fourth-order valence-electron chi connectivity index (χ4n) is 2.97. The van der Waals surface area contributed by atoms with Gasteiger partial charge in [0.15, 0.2) is 0 Å². The Balaban J connectivity index is 1.87. The molecule has 2 N–H and O–H groups in total. The zero-order valence-electron chi connectivity index (χ0n) is 14.9. The molecule has 0 saturated carbocycles. The summed E-state index contributed by atoms with van der Waals surface area (Å²) in [6.45, 7) is 7.72. The number of carbonyl (C=O) groups excluding carboxylic acids is 1. The number of carbonyl (C=O) groups is 1. The average molecular weight is 335 g/mol. The zero-order chi connectivity index (χ0) is 18.1. The summed E-state index contributed by atoms with van der Waals surface area (Å²) in [6, 6.07) is 9.70. The lowest BCUT2D eigenvalue weighted by molar-refractivity contribution is 0.0950. The van der Waals surface area contributed by atoms with E-state index < -0.39 is 0 Å². The van der Waals surface area contributed by atoms with Crippen molar-refractivity contribution in [1.29, 1.82) is 0 Å². The van der Waals surface area contributed by atoms with Gasteiger partial charge in [-0.2, -0.15) is 0 Å². The fourth-order valence-corrected chi connectivity index (χ4v) is 2.97. The first-order chi connectivity index (χ1) is 11.8. The van der Waals surface area contributed by atoms with Crippen molar-refractivity contribution in [3.63, 3.8) is 0 Å². The van der Waals surface area contributed by atoms with Crippen molar-refractivity contribution >= 4 is 16.8 Å². The second kappa shape index (κ2) is 6.51. The maximum Gasteiger partial charge on any atom is 0.253 e. The highest BCUT2D eigenvalue weighted by Crippen LogP contribution is 2.18. The number of nitrogens with one attached hydrogen (secondary N) is 2. The molecule has 1 aromatic carbocycles. The maximum atomic E-state index is 12.6. The molecule has 0 aliphatic rings. The molecule has 1 amide bonds. The normalized spacial score (nSPS) is 10.9. The Labute approximate surface area is 146 Å². The van der Waals surface area contributed by atoms with E-state index in [2.05, 4.69) is 15.3 Å². The summed E-state index contributed by atoms with van der Waals surface area (Å²) in [5, 5.41) is 3.76. The maximum absolute atomic E-state index is 12.6. The van der Waals surface area contributed by atoms with Gasteiger partial charge in [0.2, 0.25) is 0 Å². The van der Waals surface area contributed by atoms with Crippen LogP contribution in [0.5, 0.6) is 0 Å². The van der Waals surface area contributed by atoms with Crippen LogP contribution in [0.2, 0.25) is 0 Å². The lowest BCUT2D eigenvalue weighted by Crippen LogP contribution is -2.28. The number of pyridine rings is 2. The second-order valence-electron chi connectivity index (χ2n) is 6.44. The number of fused-ring (bicyclic) bond motifs is 1. The highest BCUT2D eigenvalue weighted by Gasteiger charge is 2.13. The molecular formula is C20H21N3O2. The van der Waals surface area contributed by atoms with Gasteiger partial charge in [-0.15, -0.1) is 0 Å². The number of benzene rings is 1. The van der Waals surface area contributed by atoms with Crippen LogP contribution in [0, 0.1) is 27.7 Å². The number of aromatic nitrogens is 2. The SMILES string of the molecule is Cc1ccc2cc(C(=O)NCc3c(C)cc(C)[nH]c3=O)c(C)nc2c1. The van der Waals surface area contributed by atoms with Crippen LogP contribution < -0.4 is 10.9 Å². The number of aryl methyl sites for hydroxylation is 4. The number of rotatable bonds is 3. The van der Waals surface area contributed by atoms with Crippen molar-refractivity contribution in [3.05, 3.63) is 74.3 Å². The van der Waals surface area contributed by atoms with Gasteiger partial charge in [0, 0.05) is 23.2 Å². The van der Waals surface area contributed by atoms with Crippen LogP contribution in [0.3, 0.4) is 0 Å². The number of hydrogen-bond acceptors (Lipinski definition) is 3. The number of amides is 1. The van der Waals surface area contributed by atoms with E-state index in [1.54, 1.807) is 0 Å². The summed E-state index contributed by atoms with van der Waals surface area (Å²) in [7, 11) is 0. The van der Waals surface area contributed by atoms with Gasteiger partial charge < -0.3 is 10.3 Å². The molecule has 25 heavy (non-hydrogen) atoms. The molecule has 0 saturated heterocycles. The molecule has 5 heteroatoms.